The van der Waals surface area contributed by atoms with E-state index in [9.17, 15) is 0 Å². The van der Waals surface area contributed by atoms with Crippen molar-refractivity contribution in [2.75, 3.05) is 6.54 Å². The van der Waals surface area contributed by atoms with Gasteiger partial charge in [-0.15, -0.1) is 10.2 Å². The van der Waals surface area contributed by atoms with Gasteiger partial charge < -0.3 is 5.32 Å². The van der Waals surface area contributed by atoms with Gasteiger partial charge in [-0.1, -0.05) is 13.8 Å². The Morgan fingerprint density at radius 3 is 2.71 bits per heavy atom. The van der Waals surface area contributed by atoms with Crippen LogP contribution in [0.1, 0.15) is 38.9 Å². The quantitative estimate of drug-likeness (QED) is 0.773. The van der Waals surface area contributed by atoms with Gasteiger partial charge in [0, 0.05) is 12.5 Å². The maximum atomic E-state index is 4.27. The lowest BCUT2D eigenvalue weighted by atomic mass is 9.94. The minimum absolute atomic E-state index is 0.625. The van der Waals surface area contributed by atoms with Crippen LogP contribution in [0.15, 0.2) is 0 Å². The van der Waals surface area contributed by atoms with Gasteiger partial charge in [-0.05, 0) is 42.9 Å². The predicted molar refractivity (Wildman–Crippen MR) is 66.5 cm³/mol. The lowest BCUT2D eigenvalue weighted by Gasteiger charge is -2.18. The van der Waals surface area contributed by atoms with Gasteiger partial charge in [0.2, 0.25) is 0 Å². The molecule has 1 atom stereocenters. The number of nitrogens with one attached hydrogen (secondary N) is 1. The molecule has 1 aromatic heterocycles. The molecule has 1 aliphatic carbocycles. The summed E-state index contributed by atoms with van der Waals surface area (Å²) in [5, 5.41) is 15.8. The zero-order valence-corrected chi connectivity index (χ0v) is 11.1. The summed E-state index contributed by atoms with van der Waals surface area (Å²) in [5.74, 6) is 2.22. The van der Waals surface area contributed by atoms with E-state index < -0.39 is 0 Å². The summed E-state index contributed by atoms with van der Waals surface area (Å²) in [7, 11) is 1.82. The van der Waals surface area contributed by atoms with E-state index in [0.717, 1.165) is 30.7 Å². The normalized spacial score (nSPS) is 17.6. The summed E-state index contributed by atoms with van der Waals surface area (Å²) in [6.07, 6.45) is 4.85. The number of aryl methyl sites for hydroxylation is 1. The number of aromatic nitrogens is 4. The average Bonchev–Trinajstić information content (AvgIpc) is 2.99. The van der Waals surface area contributed by atoms with Gasteiger partial charge in [0.1, 0.15) is 0 Å². The molecule has 1 unspecified atom stereocenters. The van der Waals surface area contributed by atoms with Crippen LogP contribution < -0.4 is 5.32 Å². The molecule has 0 aliphatic heterocycles. The van der Waals surface area contributed by atoms with Crippen LogP contribution in [-0.2, 0) is 13.5 Å². The molecule has 0 radical (unpaired) electrons. The highest BCUT2D eigenvalue weighted by molar-refractivity contribution is 4.86. The minimum Gasteiger partial charge on any atom is -0.314 e. The van der Waals surface area contributed by atoms with Crippen molar-refractivity contribution >= 4 is 0 Å². The van der Waals surface area contributed by atoms with Crippen molar-refractivity contribution in [2.24, 2.45) is 18.9 Å². The molecule has 5 heteroatoms. The maximum absolute atomic E-state index is 4.27. The fourth-order valence-electron chi connectivity index (χ4n) is 2.19. The Bertz CT molecular complexity index is 342. The van der Waals surface area contributed by atoms with Crippen LogP contribution in [0.25, 0.3) is 0 Å². The lowest BCUT2D eigenvalue weighted by molar-refractivity contribution is 0.378. The molecule has 0 bridgehead atoms. The van der Waals surface area contributed by atoms with Crippen LogP contribution in [-0.4, -0.2) is 32.8 Å². The summed E-state index contributed by atoms with van der Waals surface area (Å²) in [6.45, 7) is 5.63. The maximum Gasteiger partial charge on any atom is 0.175 e. The zero-order valence-electron chi connectivity index (χ0n) is 11.1. The Balaban J connectivity index is 1.84. The Labute approximate surface area is 103 Å². The fraction of sp³-hybridized carbons (Fsp3) is 0.917. The summed E-state index contributed by atoms with van der Waals surface area (Å²) < 4.78 is 0. The molecule has 1 saturated carbocycles. The van der Waals surface area contributed by atoms with Gasteiger partial charge in [0.25, 0.3) is 0 Å². The molecule has 17 heavy (non-hydrogen) atoms. The number of hydrogen-bond donors (Lipinski definition) is 1. The van der Waals surface area contributed by atoms with Gasteiger partial charge >= 0.3 is 0 Å². The first-order chi connectivity index (χ1) is 8.13. The van der Waals surface area contributed by atoms with E-state index in [-0.39, 0.29) is 0 Å². The molecule has 96 valence electrons. The lowest BCUT2D eigenvalue weighted by Crippen LogP contribution is -2.27. The monoisotopic (exact) mass is 237 g/mol. The molecule has 0 saturated heterocycles. The third-order valence-electron chi connectivity index (χ3n) is 3.10. The summed E-state index contributed by atoms with van der Waals surface area (Å²) in [5.41, 5.74) is 0. The van der Waals surface area contributed by atoms with E-state index in [1.54, 1.807) is 0 Å². The number of nitrogens with zero attached hydrogens (tertiary/aromatic N) is 4. The molecule has 2 rings (SSSR count). The molecule has 0 amide bonds. The van der Waals surface area contributed by atoms with Crippen LogP contribution in [0, 0.1) is 11.8 Å². The third-order valence-corrected chi connectivity index (χ3v) is 3.10. The molecule has 0 aromatic carbocycles. The molecule has 5 nitrogen and oxygen atoms in total. The number of tetrazole rings is 1. The van der Waals surface area contributed by atoms with Gasteiger partial charge in [-0.2, -0.15) is 4.80 Å². The largest absolute Gasteiger partial charge is 0.314 e. The molecule has 1 N–H and O–H groups in total. The third kappa shape index (κ3) is 4.42. The SMILES string of the molecule is CC(C)CC(CNC1CC1)Cc1nnn(C)n1. The van der Waals surface area contributed by atoms with E-state index >= 15 is 0 Å². The average molecular weight is 237 g/mol. The smallest absolute Gasteiger partial charge is 0.175 e. The molecule has 1 aliphatic rings. The first kappa shape index (κ1) is 12.5. The molecule has 1 heterocycles. The van der Waals surface area contributed by atoms with Crippen LogP contribution in [0.2, 0.25) is 0 Å². The highest BCUT2D eigenvalue weighted by Gasteiger charge is 2.23. The summed E-state index contributed by atoms with van der Waals surface area (Å²) in [6, 6.07) is 0.777. The minimum atomic E-state index is 0.625. The number of hydrogen-bond acceptors (Lipinski definition) is 4. The van der Waals surface area contributed by atoms with E-state index in [1.807, 2.05) is 7.05 Å². The Kier molecular flexibility index (Phi) is 4.10. The van der Waals surface area contributed by atoms with Crippen molar-refractivity contribution < 1.29 is 0 Å². The Morgan fingerprint density at radius 1 is 1.41 bits per heavy atom. The molecule has 1 fully saturated rings. The van der Waals surface area contributed by atoms with Crippen molar-refractivity contribution in [1.82, 2.24) is 25.5 Å². The highest BCUT2D eigenvalue weighted by atomic mass is 15.6. The summed E-state index contributed by atoms with van der Waals surface area (Å²) >= 11 is 0. The first-order valence-corrected chi connectivity index (χ1v) is 6.59. The second-order valence-electron chi connectivity index (χ2n) is 5.58. The Morgan fingerprint density at radius 2 is 2.18 bits per heavy atom. The van der Waals surface area contributed by atoms with E-state index in [0.29, 0.717) is 5.92 Å². The van der Waals surface area contributed by atoms with E-state index in [1.165, 1.54) is 24.1 Å². The van der Waals surface area contributed by atoms with Crippen LogP contribution in [0.4, 0.5) is 0 Å². The van der Waals surface area contributed by atoms with Crippen molar-refractivity contribution in [3.63, 3.8) is 0 Å². The van der Waals surface area contributed by atoms with Gasteiger partial charge in [0.05, 0.1) is 7.05 Å². The van der Waals surface area contributed by atoms with E-state index in [2.05, 4.69) is 34.6 Å². The van der Waals surface area contributed by atoms with Crippen molar-refractivity contribution in [2.45, 2.75) is 45.6 Å². The second kappa shape index (κ2) is 5.58. The molecular formula is C12H23N5. The predicted octanol–water partition coefficient (Wildman–Crippen LogP) is 1.17. The van der Waals surface area contributed by atoms with E-state index in [4.69, 9.17) is 0 Å². The Hall–Kier alpha value is -0.970. The second-order valence-corrected chi connectivity index (χ2v) is 5.58. The van der Waals surface area contributed by atoms with Crippen LogP contribution in [0.3, 0.4) is 0 Å². The van der Waals surface area contributed by atoms with Gasteiger partial charge in [-0.25, -0.2) is 0 Å². The van der Waals surface area contributed by atoms with Crippen LogP contribution in [0.5, 0.6) is 0 Å². The van der Waals surface area contributed by atoms with Crippen molar-refractivity contribution in [1.29, 1.82) is 0 Å². The van der Waals surface area contributed by atoms with Crippen LogP contribution >= 0.6 is 0 Å². The van der Waals surface area contributed by atoms with Gasteiger partial charge in [-0.3, -0.25) is 0 Å². The van der Waals surface area contributed by atoms with Crippen molar-refractivity contribution in [3.8, 4) is 0 Å². The topological polar surface area (TPSA) is 55.6 Å². The van der Waals surface area contributed by atoms with Gasteiger partial charge in [0.15, 0.2) is 5.82 Å². The molecular weight excluding hydrogens is 214 g/mol. The zero-order chi connectivity index (χ0) is 12.3. The highest BCUT2D eigenvalue weighted by Crippen LogP contribution is 2.21. The molecule has 1 aromatic rings. The van der Waals surface area contributed by atoms with Crippen molar-refractivity contribution in [3.05, 3.63) is 5.82 Å². The number of rotatable bonds is 7. The summed E-state index contributed by atoms with van der Waals surface area (Å²) in [4.78, 5) is 1.54. The standard InChI is InChI=1S/C12H23N5/c1-9(2)6-10(8-13-11-4-5-11)7-12-14-16-17(3)15-12/h9-11,13H,4-8H2,1-3H3. The first-order valence-electron chi connectivity index (χ1n) is 6.59. The molecule has 0 spiro atoms. The fourth-order valence-corrected chi connectivity index (χ4v) is 2.19.